The first-order chi connectivity index (χ1) is 11.1. The Morgan fingerprint density at radius 3 is 2.48 bits per heavy atom. The lowest BCUT2D eigenvalue weighted by atomic mass is 10.3. The highest BCUT2D eigenvalue weighted by Gasteiger charge is 2.22. The summed E-state index contributed by atoms with van der Waals surface area (Å²) in [5.74, 6) is 0.259. The molecule has 126 valence electrons. The van der Waals surface area contributed by atoms with Gasteiger partial charge in [0.25, 0.3) is 0 Å². The predicted octanol–water partition coefficient (Wildman–Crippen LogP) is -0.380. The van der Waals surface area contributed by atoms with Crippen molar-refractivity contribution >= 4 is 17.8 Å². The van der Waals surface area contributed by atoms with Crippen molar-refractivity contribution in [2.75, 3.05) is 57.8 Å². The van der Waals surface area contributed by atoms with Crippen LogP contribution in [-0.2, 0) is 14.3 Å². The molecule has 0 radical (unpaired) electrons. The maximum atomic E-state index is 12.1. The van der Waals surface area contributed by atoms with E-state index in [1.807, 2.05) is 0 Å². The molecule has 1 aromatic heterocycles. The Labute approximate surface area is 136 Å². The van der Waals surface area contributed by atoms with Gasteiger partial charge in [0.2, 0.25) is 11.9 Å². The molecule has 1 aliphatic heterocycles. The van der Waals surface area contributed by atoms with Gasteiger partial charge in [-0.25, -0.2) is 9.97 Å². The molecule has 1 fully saturated rings. The summed E-state index contributed by atoms with van der Waals surface area (Å²) < 4.78 is 4.85. The SMILES string of the molecule is CCOC(=O)CN(C)C(=O)CN1CCN(c2ncccn2)CC1. The summed E-state index contributed by atoms with van der Waals surface area (Å²) in [5.41, 5.74) is 0. The van der Waals surface area contributed by atoms with E-state index in [0.717, 1.165) is 32.1 Å². The maximum Gasteiger partial charge on any atom is 0.325 e. The first kappa shape index (κ1) is 17.1. The van der Waals surface area contributed by atoms with Crippen molar-refractivity contribution < 1.29 is 14.3 Å². The van der Waals surface area contributed by atoms with Crippen LogP contribution in [0.2, 0.25) is 0 Å². The normalized spacial score (nSPS) is 15.3. The van der Waals surface area contributed by atoms with Crippen LogP contribution in [0.5, 0.6) is 0 Å². The number of piperazine rings is 1. The number of esters is 1. The zero-order valence-corrected chi connectivity index (χ0v) is 13.6. The quantitative estimate of drug-likeness (QED) is 0.661. The van der Waals surface area contributed by atoms with E-state index in [1.165, 1.54) is 4.90 Å². The van der Waals surface area contributed by atoms with Gasteiger partial charge in [-0.2, -0.15) is 0 Å². The second-order valence-electron chi connectivity index (χ2n) is 5.37. The van der Waals surface area contributed by atoms with Crippen molar-refractivity contribution in [3.63, 3.8) is 0 Å². The van der Waals surface area contributed by atoms with E-state index in [-0.39, 0.29) is 18.4 Å². The van der Waals surface area contributed by atoms with Gasteiger partial charge in [-0.1, -0.05) is 0 Å². The standard InChI is InChI=1S/C15H23N5O3/c1-3-23-14(22)12-18(2)13(21)11-19-7-9-20(10-8-19)15-16-5-4-6-17-15/h4-6H,3,7-12H2,1-2H3. The summed E-state index contributed by atoms with van der Waals surface area (Å²) in [7, 11) is 1.62. The van der Waals surface area contributed by atoms with Crippen molar-refractivity contribution in [1.29, 1.82) is 0 Å². The van der Waals surface area contributed by atoms with Gasteiger partial charge in [0.1, 0.15) is 6.54 Å². The number of likely N-dealkylation sites (N-methyl/N-ethyl adjacent to an activating group) is 1. The second-order valence-corrected chi connectivity index (χ2v) is 5.37. The first-order valence-corrected chi connectivity index (χ1v) is 7.74. The molecule has 8 heteroatoms. The average molecular weight is 321 g/mol. The summed E-state index contributed by atoms with van der Waals surface area (Å²) in [4.78, 5) is 37.6. The molecule has 23 heavy (non-hydrogen) atoms. The molecule has 0 unspecified atom stereocenters. The lowest BCUT2D eigenvalue weighted by Crippen LogP contribution is -2.50. The molecule has 1 aliphatic rings. The highest BCUT2D eigenvalue weighted by atomic mass is 16.5. The van der Waals surface area contributed by atoms with E-state index in [2.05, 4.69) is 19.8 Å². The number of anilines is 1. The van der Waals surface area contributed by atoms with E-state index >= 15 is 0 Å². The van der Waals surface area contributed by atoms with Gasteiger partial charge in [0, 0.05) is 45.6 Å². The van der Waals surface area contributed by atoms with Gasteiger partial charge < -0.3 is 14.5 Å². The molecule has 0 spiro atoms. The summed E-state index contributed by atoms with van der Waals surface area (Å²) in [6.45, 7) is 5.44. The second kappa shape index (κ2) is 8.42. The fourth-order valence-electron chi connectivity index (χ4n) is 2.36. The number of hydrogen-bond donors (Lipinski definition) is 0. The smallest absolute Gasteiger partial charge is 0.325 e. The summed E-state index contributed by atoms with van der Waals surface area (Å²) in [5, 5.41) is 0. The minimum Gasteiger partial charge on any atom is -0.465 e. The number of carbonyl (C=O) groups excluding carboxylic acids is 2. The fourth-order valence-corrected chi connectivity index (χ4v) is 2.36. The molecule has 2 rings (SSSR count). The number of aromatic nitrogens is 2. The molecule has 0 bridgehead atoms. The van der Waals surface area contributed by atoms with E-state index in [1.54, 1.807) is 32.4 Å². The summed E-state index contributed by atoms with van der Waals surface area (Å²) in [6.07, 6.45) is 3.45. The molecule has 8 nitrogen and oxygen atoms in total. The molecule has 0 aliphatic carbocycles. The third-order valence-corrected chi connectivity index (χ3v) is 3.66. The van der Waals surface area contributed by atoms with Crippen LogP contribution in [0.15, 0.2) is 18.5 Å². The highest BCUT2D eigenvalue weighted by Crippen LogP contribution is 2.09. The first-order valence-electron chi connectivity index (χ1n) is 7.74. The zero-order valence-electron chi connectivity index (χ0n) is 13.6. The van der Waals surface area contributed by atoms with Crippen molar-refractivity contribution in [2.24, 2.45) is 0 Å². The third-order valence-electron chi connectivity index (χ3n) is 3.66. The van der Waals surface area contributed by atoms with Crippen molar-refractivity contribution in [1.82, 2.24) is 19.8 Å². The lowest BCUT2D eigenvalue weighted by molar-refractivity contribution is -0.148. The molecule has 2 heterocycles. The lowest BCUT2D eigenvalue weighted by Gasteiger charge is -2.34. The van der Waals surface area contributed by atoms with Crippen LogP contribution in [0.1, 0.15) is 6.92 Å². The van der Waals surface area contributed by atoms with E-state index in [9.17, 15) is 9.59 Å². The topological polar surface area (TPSA) is 78.9 Å². The average Bonchev–Trinajstić information content (AvgIpc) is 2.56. The Balaban J connectivity index is 1.75. The zero-order chi connectivity index (χ0) is 16.7. The Kier molecular flexibility index (Phi) is 6.28. The van der Waals surface area contributed by atoms with Gasteiger partial charge in [0.05, 0.1) is 13.2 Å². The minimum absolute atomic E-state index is 0.00943. The van der Waals surface area contributed by atoms with Crippen molar-refractivity contribution in [3.8, 4) is 0 Å². The molecule has 0 saturated carbocycles. The fraction of sp³-hybridized carbons (Fsp3) is 0.600. The van der Waals surface area contributed by atoms with Gasteiger partial charge >= 0.3 is 5.97 Å². The number of carbonyl (C=O) groups is 2. The van der Waals surface area contributed by atoms with Crippen LogP contribution < -0.4 is 4.90 Å². The van der Waals surface area contributed by atoms with Crippen LogP contribution >= 0.6 is 0 Å². The molecule has 1 saturated heterocycles. The summed E-state index contributed by atoms with van der Waals surface area (Å²) in [6, 6.07) is 1.79. The number of nitrogens with zero attached hydrogens (tertiary/aromatic N) is 5. The van der Waals surface area contributed by atoms with Crippen molar-refractivity contribution in [2.45, 2.75) is 6.92 Å². The third kappa shape index (κ3) is 5.17. The minimum atomic E-state index is -0.380. The molecular formula is C15H23N5O3. The van der Waals surface area contributed by atoms with Gasteiger partial charge in [-0.15, -0.1) is 0 Å². The van der Waals surface area contributed by atoms with E-state index < -0.39 is 0 Å². The van der Waals surface area contributed by atoms with Gasteiger partial charge in [-0.3, -0.25) is 14.5 Å². The number of hydrogen-bond acceptors (Lipinski definition) is 7. The van der Waals surface area contributed by atoms with Crippen molar-refractivity contribution in [3.05, 3.63) is 18.5 Å². The van der Waals surface area contributed by atoms with Crippen LogP contribution in [-0.4, -0.2) is 84.6 Å². The molecule has 0 atom stereocenters. The Morgan fingerprint density at radius 1 is 1.22 bits per heavy atom. The molecule has 0 N–H and O–H groups in total. The van der Waals surface area contributed by atoms with Crippen LogP contribution in [0.3, 0.4) is 0 Å². The Morgan fingerprint density at radius 2 is 1.87 bits per heavy atom. The molecular weight excluding hydrogens is 298 g/mol. The predicted molar refractivity (Wildman–Crippen MR) is 85.0 cm³/mol. The molecule has 0 aromatic carbocycles. The van der Waals surface area contributed by atoms with E-state index in [0.29, 0.717) is 13.2 Å². The molecule has 1 amide bonds. The van der Waals surface area contributed by atoms with Crippen LogP contribution in [0.4, 0.5) is 5.95 Å². The van der Waals surface area contributed by atoms with Crippen LogP contribution in [0, 0.1) is 0 Å². The molecule has 1 aromatic rings. The monoisotopic (exact) mass is 321 g/mol. The summed E-state index contributed by atoms with van der Waals surface area (Å²) >= 11 is 0. The van der Waals surface area contributed by atoms with Gasteiger partial charge in [0.15, 0.2) is 0 Å². The Bertz CT molecular complexity index is 517. The van der Waals surface area contributed by atoms with E-state index in [4.69, 9.17) is 4.74 Å². The Hall–Kier alpha value is -2.22. The number of amides is 1. The maximum absolute atomic E-state index is 12.1. The number of rotatable bonds is 6. The van der Waals surface area contributed by atoms with Gasteiger partial charge in [-0.05, 0) is 13.0 Å². The van der Waals surface area contributed by atoms with Crippen LogP contribution in [0.25, 0.3) is 0 Å². The highest BCUT2D eigenvalue weighted by molar-refractivity contribution is 5.83. The number of ether oxygens (including phenoxy) is 1. The largest absolute Gasteiger partial charge is 0.465 e.